The van der Waals surface area contributed by atoms with Gasteiger partial charge in [0.25, 0.3) is 0 Å². The maximum absolute atomic E-state index is 11.8. The van der Waals surface area contributed by atoms with Crippen molar-refractivity contribution in [1.82, 2.24) is 19.9 Å². The maximum Gasteiger partial charge on any atom is 0.226 e. The second kappa shape index (κ2) is 7.76. The van der Waals surface area contributed by atoms with Crippen molar-refractivity contribution in [3.63, 3.8) is 0 Å². The minimum atomic E-state index is 0.0141. The molecule has 0 fully saturated rings. The summed E-state index contributed by atoms with van der Waals surface area (Å²) in [4.78, 5) is 20.1. The van der Waals surface area contributed by atoms with Gasteiger partial charge in [0.1, 0.15) is 0 Å². The highest BCUT2D eigenvalue weighted by atomic mass is 32.1. The molecule has 0 atom stereocenters. The molecule has 2 aromatic rings. The minimum Gasteiger partial charge on any atom is -0.356 e. The fourth-order valence-electron chi connectivity index (χ4n) is 1.80. The molecule has 0 aliphatic rings. The van der Waals surface area contributed by atoms with Gasteiger partial charge in [0, 0.05) is 37.3 Å². The van der Waals surface area contributed by atoms with E-state index in [1.54, 1.807) is 23.9 Å². The lowest BCUT2D eigenvalue weighted by Crippen LogP contribution is -2.26. The summed E-state index contributed by atoms with van der Waals surface area (Å²) >= 11 is 1.56. The molecule has 2 rings (SSSR count). The van der Waals surface area contributed by atoms with Crippen LogP contribution in [0.1, 0.15) is 17.1 Å². The first-order valence-electron chi connectivity index (χ1n) is 6.63. The van der Waals surface area contributed by atoms with E-state index < -0.39 is 0 Å². The van der Waals surface area contributed by atoms with Crippen LogP contribution < -0.4 is 11.1 Å². The average Bonchev–Trinajstić information content (AvgIpc) is 3.07. The van der Waals surface area contributed by atoms with Crippen LogP contribution in [0.2, 0.25) is 0 Å². The molecule has 0 aliphatic heterocycles. The van der Waals surface area contributed by atoms with Crippen molar-refractivity contribution in [3.8, 4) is 0 Å². The van der Waals surface area contributed by atoms with Gasteiger partial charge in [-0.05, 0) is 13.0 Å². The first-order chi connectivity index (χ1) is 9.78. The lowest BCUT2D eigenvalue weighted by Gasteiger charge is -2.04. The molecule has 0 aromatic carbocycles. The molecular formula is C13H19N5OS. The Morgan fingerprint density at radius 2 is 2.40 bits per heavy atom. The number of carbonyl (C=O) groups excluding carboxylic acids is 1. The number of imidazole rings is 1. The molecule has 0 radical (unpaired) electrons. The van der Waals surface area contributed by atoms with Crippen molar-refractivity contribution in [2.45, 2.75) is 25.8 Å². The molecular weight excluding hydrogens is 274 g/mol. The minimum absolute atomic E-state index is 0.0141. The summed E-state index contributed by atoms with van der Waals surface area (Å²) in [7, 11) is 0. The van der Waals surface area contributed by atoms with Crippen molar-refractivity contribution in [2.24, 2.45) is 5.73 Å². The molecule has 6 nitrogen and oxygen atoms in total. The zero-order chi connectivity index (χ0) is 14.2. The Morgan fingerprint density at radius 3 is 3.15 bits per heavy atom. The van der Waals surface area contributed by atoms with E-state index in [0.29, 0.717) is 19.5 Å². The van der Waals surface area contributed by atoms with Crippen LogP contribution in [-0.2, 0) is 24.2 Å². The fourth-order valence-corrected chi connectivity index (χ4v) is 2.62. The van der Waals surface area contributed by atoms with E-state index in [0.717, 1.165) is 30.1 Å². The molecule has 3 N–H and O–H groups in total. The maximum atomic E-state index is 11.8. The number of hydrogen-bond donors (Lipinski definition) is 2. The Kier molecular flexibility index (Phi) is 5.69. The van der Waals surface area contributed by atoms with Gasteiger partial charge in [-0.3, -0.25) is 4.79 Å². The predicted molar refractivity (Wildman–Crippen MR) is 78.4 cm³/mol. The molecule has 2 aromatic heterocycles. The number of aromatic nitrogens is 3. The Labute approximate surface area is 122 Å². The zero-order valence-electron chi connectivity index (χ0n) is 11.3. The van der Waals surface area contributed by atoms with Crippen molar-refractivity contribution >= 4 is 17.2 Å². The third kappa shape index (κ3) is 4.75. The molecule has 0 saturated carbocycles. The average molecular weight is 293 g/mol. The topological polar surface area (TPSA) is 85.8 Å². The summed E-state index contributed by atoms with van der Waals surface area (Å²) < 4.78 is 1.99. The van der Waals surface area contributed by atoms with Crippen LogP contribution in [0.3, 0.4) is 0 Å². The van der Waals surface area contributed by atoms with Gasteiger partial charge in [0.2, 0.25) is 5.91 Å². The highest BCUT2D eigenvalue weighted by molar-refractivity contribution is 7.09. The summed E-state index contributed by atoms with van der Waals surface area (Å²) in [6, 6.07) is 0. The Hall–Kier alpha value is -1.73. The zero-order valence-corrected chi connectivity index (χ0v) is 12.1. The van der Waals surface area contributed by atoms with Crippen LogP contribution in [0.5, 0.6) is 0 Å². The number of nitrogens with two attached hydrogens (primary N) is 1. The van der Waals surface area contributed by atoms with Crippen LogP contribution in [0.4, 0.5) is 0 Å². The molecule has 0 aliphatic carbocycles. The monoisotopic (exact) mass is 293 g/mol. The molecule has 0 saturated heterocycles. The molecule has 2 heterocycles. The third-order valence-corrected chi connectivity index (χ3v) is 3.73. The number of carbonyl (C=O) groups is 1. The lowest BCUT2D eigenvalue weighted by molar-refractivity contribution is -0.120. The Balaban J connectivity index is 1.64. The first kappa shape index (κ1) is 14.7. The van der Waals surface area contributed by atoms with Gasteiger partial charge in [0.15, 0.2) is 0 Å². The standard InChI is InChI=1S/C13H19N5OS/c14-3-2-13-17-11(9-20-13)8-12(19)16-4-1-6-18-7-5-15-10-18/h5,7,9-10H,1-4,6,8,14H2,(H,16,19). The number of thiazole rings is 1. The normalized spacial score (nSPS) is 10.7. The van der Waals surface area contributed by atoms with E-state index >= 15 is 0 Å². The molecule has 0 bridgehead atoms. The lowest BCUT2D eigenvalue weighted by atomic mass is 10.3. The number of nitrogens with one attached hydrogen (secondary N) is 1. The SMILES string of the molecule is NCCc1nc(CC(=O)NCCCn2ccnc2)cs1. The molecule has 20 heavy (non-hydrogen) atoms. The van der Waals surface area contributed by atoms with Gasteiger partial charge < -0.3 is 15.6 Å². The number of nitrogens with zero attached hydrogens (tertiary/aromatic N) is 3. The van der Waals surface area contributed by atoms with E-state index in [9.17, 15) is 4.79 Å². The summed E-state index contributed by atoms with van der Waals surface area (Å²) in [5.74, 6) is 0.0141. The molecule has 108 valence electrons. The fraction of sp³-hybridized carbons (Fsp3) is 0.462. The van der Waals surface area contributed by atoms with Crippen LogP contribution in [-0.4, -0.2) is 33.5 Å². The molecule has 0 unspecified atom stereocenters. The summed E-state index contributed by atoms with van der Waals surface area (Å²) in [6.07, 6.45) is 7.44. The highest BCUT2D eigenvalue weighted by Crippen LogP contribution is 2.10. The van der Waals surface area contributed by atoms with E-state index in [1.807, 2.05) is 16.1 Å². The van der Waals surface area contributed by atoms with E-state index in [1.165, 1.54) is 0 Å². The number of hydrogen-bond acceptors (Lipinski definition) is 5. The molecule has 7 heteroatoms. The second-order valence-corrected chi connectivity index (χ2v) is 5.39. The molecule has 0 spiro atoms. The number of amides is 1. The van der Waals surface area contributed by atoms with Crippen molar-refractivity contribution in [1.29, 1.82) is 0 Å². The van der Waals surface area contributed by atoms with Gasteiger partial charge in [-0.1, -0.05) is 0 Å². The first-order valence-corrected chi connectivity index (χ1v) is 7.51. The smallest absolute Gasteiger partial charge is 0.226 e. The Bertz CT molecular complexity index is 523. The molecule has 1 amide bonds. The third-order valence-electron chi connectivity index (χ3n) is 2.77. The van der Waals surface area contributed by atoms with Crippen LogP contribution in [0.15, 0.2) is 24.1 Å². The van der Waals surface area contributed by atoms with E-state index in [4.69, 9.17) is 5.73 Å². The van der Waals surface area contributed by atoms with Gasteiger partial charge in [0.05, 0.1) is 23.4 Å². The van der Waals surface area contributed by atoms with Gasteiger partial charge in [-0.25, -0.2) is 9.97 Å². The van der Waals surface area contributed by atoms with Crippen molar-refractivity contribution < 1.29 is 4.79 Å². The highest BCUT2D eigenvalue weighted by Gasteiger charge is 2.07. The Morgan fingerprint density at radius 1 is 1.50 bits per heavy atom. The van der Waals surface area contributed by atoms with Crippen molar-refractivity contribution in [3.05, 3.63) is 34.8 Å². The number of aryl methyl sites for hydroxylation is 1. The van der Waals surface area contributed by atoms with E-state index in [2.05, 4.69) is 15.3 Å². The number of rotatable bonds is 8. The summed E-state index contributed by atoms with van der Waals surface area (Å²) in [6.45, 7) is 2.11. The van der Waals surface area contributed by atoms with Gasteiger partial charge in [-0.2, -0.15) is 0 Å². The summed E-state index contributed by atoms with van der Waals surface area (Å²) in [5.41, 5.74) is 6.30. The van der Waals surface area contributed by atoms with Crippen LogP contribution in [0.25, 0.3) is 0 Å². The van der Waals surface area contributed by atoms with Crippen LogP contribution in [0, 0.1) is 0 Å². The van der Waals surface area contributed by atoms with E-state index in [-0.39, 0.29) is 5.91 Å². The second-order valence-electron chi connectivity index (χ2n) is 4.45. The quantitative estimate of drug-likeness (QED) is 0.698. The van der Waals surface area contributed by atoms with Gasteiger partial charge in [-0.15, -0.1) is 11.3 Å². The van der Waals surface area contributed by atoms with Crippen LogP contribution >= 0.6 is 11.3 Å². The summed E-state index contributed by atoms with van der Waals surface area (Å²) in [5, 5.41) is 5.82. The predicted octanol–water partition coefficient (Wildman–Crippen LogP) is 0.590. The van der Waals surface area contributed by atoms with Gasteiger partial charge >= 0.3 is 0 Å². The largest absolute Gasteiger partial charge is 0.356 e. The van der Waals surface area contributed by atoms with Crippen molar-refractivity contribution in [2.75, 3.05) is 13.1 Å².